The van der Waals surface area contributed by atoms with Gasteiger partial charge in [-0.25, -0.2) is 4.39 Å². The summed E-state index contributed by atoms with van der Waals surface area (Å²) in [5.74, 6) is 0.920. The number of halogens is 1. The van der Waals surface area contributed by atoms with Crippen molar-refractivity contribution in [3.05, 3.63) is 71.7 Å². The van der Waals surface area contributed by atoms with Gasteiger partial charge in [0, 0.05) is 18.8 Å². The molecule has 6 heteroatoms. The topological polar surface area (TPSA) is 53.9 Å². The Morgan fingerprint density at radius 2 is 1.92 bits per heavy atom. The summed E-state index contributed by atoms with van der Waals surface area (Å²) >= 11 is 0. The number of hydrogen-bond acceptors (Lipinski definition) is 5. The van der Waals surface area contributed by atoms with Gasteiger partial charge >= 0.3 is 0 Å². The summed E-state index contributed by atoms with van der Waals surface area (Å²) < 4.78 is 13.0. The summed E-state index contributed by atoms with van der Waals surface area (Å²) in [5.41, 5.74) is 3.17. The van der Waals surface area contributed by atoms with Crippen LogP contribution in [0.4, 0.5) is 21.8 Å². The van der Waals surface area contributed by atoms with Crippen LogP contribution in [0.15, 0.2) is 54.7 Å². The van der Waals surface area contributed by atoms with Crippen molar-refractivity contribution < 1.29 is 4.39 Å². The van der Waals surface area contributed by atoms with Crippen LogP contribution in [0.3, 0.4) is 0 Å². The van der Waals surface area contributed by atoms with Crippen LogP contribution in [-0.4, -0.2) is 21.7 Å². The highest BCUT2D eigenvalue weighted by molar-refractivity contribution is 5.58. The van der Waals surface area contributed by atoms with Gasteiger partial charge in [-0.2, -0.15) is 10.1 Å². The van der Waals surface area contributed by atoms with Crippen molar-refractivity contribution in [3.63, 3.8) is 0 Å². The molecule has 0 saturated carbocycles. The van der Waals surface area contributed by atoms with E-state index < -0.39 is 0 Å². The molecule has 1 heterocycles. The molecule has 1 aromatic heterocycles. The molecule has 3 rings (SSSR count). The van der Waals surface area contributed by atoms with Gasteiger partial charge in [0.25, 0.3) is 5.95 Å². The van der Waals surface area contributed by atoms with Gasteiger partial charge < -0.3 is 10.2 Å². The summed E-state index contributed by atoms with van der Waals surface area (Å²) in [4.78, 5) is 6.55. The van der Waals surface area contributed by atoms with Crippen LogP contribution >= 0.6 is 0 Å². The summed E-state index contributed by atoms with van der Waals surface area (Å²) in [6.07, 6.45) is 1.58. The SMILES string of the molecule is CCN(c1cccc(C)c1)c1nncc(NCc2ccc(F)cc2)n1. The number of hydrogen-bond donors (Lipinski definition) is 1. The maximum absolute atomic E-state index is 13.0. The minimum Gasteiger partial charge on any atom is -0.365 e. The van der Waals surface area contributed by atoms with Crippen molar-refractivity contribution >= 4 is 17.5 Å². The first-order valence-electron chi connectivity index (χ1n) is 8.18. The molecule has 2 aromatic carbocycles. The van der Waals surface area contributed by atoms with Crippen molar-refractivity contribution in [2.75, 3.05) is 16.8 Å². The molecule has 0 spiro atoms. The zero-order valence-corrected chi connectivity index (χ0v) is 14.3. The molecule has 0 unspecified atom stereocenters. The van der Waals surface area contributed by atoms with Crippen molar-refractivity contribution in [2.45, 2.75) is 20.4 Å². The fraction of sp³-hybridized carbons (Fsp3) is 0.211. The van der Waals surface area contributed by atoms with E-state index in [1.54, 1.807) is 18.3 Å². The van der Waals surface area contributed by atoms with E-state index in [0.717, 1.165) is 17.8 Å². The molecule has 0 saturated heterocycles. The van der Waals surface area contributed by atoms with Gasteiger partial charge in [-0.15, -0.1) is 5.10 Å². The quantitative estimate of drug-likeness (QED) is 0.734. The van der Waals surface area contributed by atoms with E-state index in [-0.39, 0.29) is 5.82 Å². The monoisotopic (exact) mass is 337 g/mol. The summed E-state index contributed by atoms with van der Waals surface area (Å²) in [6, 6.07) is 14.5. The molecule has 1 N–H and O–H groups in total. The van der Waals surface area contributed by atoms with Gasteiger partial charge in [-0.3, -0.25) is 0 Å². The highest BCUT2D eigenvalue weighted by atomic mass is 19.1. The molecule has 5 nitrogen and oxygen atoms in total. The molecule has 25 heavy (non-hydrogen) atoms. The van der Waals surface area contributed by atoms with Crippen molar-refractivity contribution in [2.24, 2.45) is 0 Å². The lowest BCUT2D eigenvalue weighted by Gasteiger charge is -2.21. The Balaban J connectivity index is 1.76. The third-order valence-corrected chi connectivity index (χ3v) is 3.81. The second kappa shape index (κ2) is 7.70. The Labute approximate surface area is 146 Å². The predicted molar refractivity (Wildman–Crippen MR) is 97.4 cm³/mol. The zero-order chi connectivity index (χ0) is 17.6. The van der Waals surface area contributed by atoms with E-state index in [9.17, 15) is 4.39 Å². The lowest BCUT2D eigenvalue weighted by atomic mass is 10.2. The number of anilines is 3. The van der Waals surface area contributed by atoms with E-state index >= 15 is 0 Å². The molecular formula is C19H20FN5. The smallest absolute Gasteiger partial charge is 0.251 e. The maximum atomic E-state index is 13.0. The van der Waals surface area contributed by atoms with E-state index in [2.05, 4.69) is 39.6 Å². The fourth-order valence-corrected chi connectivity index (χ4v) is 2.52. The Morgan fingerprint density at radius 1 is 1.12 bits per heavy atom. The van der Waals surface area contributed by atoms with Gasteiger partial charge in [0.15, 0.2) is 5.82 Å². The minimum absolute atomic E-state index is 0.244. The lowest BCUT2D eigenvalue weighted by molar-refractivity contribution is 0.627. The fourth-order valence-electron chi connectivity index (χ4n) is 2.52. The van der Waals surface area contributed by atoms with Gasteiger partial charge in [-0.05, 0) is 49.2 Å². The molecular weight excluding hydrogens is 317 g/mol. The van der Waals surface area contributed by atoms with Crippen LogP contribution in [-0.2, 0) is 6.54 Å². The number of aromatic nitrogens is 3. The molecule has 0 aliphatic carbocycles. The molecule has 0 amide bonds. The number of rotatable bonds is 6. The second-order valence-electron chi connectivity index (χ2n) is 5.70. The molecule has 0 radical (unpaired) electrons. The van der Waals surface area contributed by atoms with Crippen molar-refractivity contribution in [1.29, 1.82) is 0 Å². The van der Waals surface area contributed by atoms with Gasteiger partial charge in [0.2, 0.25) is 0 Å². The van der Waals surface area contributed by atoms with E-state index in [1.165, 1.54) is 17.7 Å². The first-order chi connectivity index (χ1) is 12.2. The first kappa shape index (κ1) is 16.8. The normalized spacial score (nSPS) is 10.5. The highest BCUT2D eigenvalue weighted by Crippen LogP contribution is 2.23. The molecule has 0 atom stereocenters. The van der Waals surface area contributed by atoms with Crippen LogP contribution in [0.2, 0.25) is 0 Å². The molecule has 3 aromatic rings. The van der Waals surface area contributed by atoms with Gasteiger partial charge in [-0.1, -0.05) is 24.3 Å². The first-order valence-corrected chi connectivity index (χ1v) is 8.18. The van der Waals surface area contributed by atoms with E-state index in [1.807, 2.05) is 24.0 Å². The van der Waals surface area contributed by atoms with Crippen molar-refractivity contribution in [1.82, 2.24) is 15.2 Å². The Hall–Kier alpha value is -3.02. The average Bonchev–Trinajstić information content (AvgIpc) is 2.62. The van der Waals surface area contributed by atoms with Gasteiger partial charge in [0.1, 0.15) is 5.82 Å². The Kier molecular flexibility index (Phi) is 5.18. The number of aryl methyl sites for hydroxylation is 1. The Bertz CT molecular complexity index is 835. The number of nitrogens with zero attached hydrogens (tertiary/aromatic N) is 4. The lowest BCUT2D eigenvalue weighted by Crippen LogP contribution is -2.20. The summed E-state index contributed by atoms with van der Waals surface area (Å²) in [7, 11) is 0. The highest BCUT2D eigenvalue weighted by Gasteiger charge is 2.12. The number of nitrogens with one attached hydrogen (secondary N) is 1. The predicted octanol–water partition coefficient (Wildman–Crippen LogP) is 4.09. The minimum atomic E-state index is -0.244. The molecule has 0 fully saturated rings. The van der Waals surface area contributed by atoms with Crippen LogP contribution in [0, 0.1) is 12.7 Å². The van der Waals surface area contributed by atoms with Crippen molar-refractivity contribution in [3.8, 4) is 0 Å². The van der Waals surface area contributed by atoms with Crippen LogP contribution in [0.25, 0.3) is 0 Å². The van der Waals surface area contributed by atoms with E-state index in [0.29, 0.717) is 18.3 Å². The standard InChI is InChI=1S/C19H20FN5/c1-3-25(17-6-4-5-14(2)11-17)19-23-18(13-22-24-19)21-12-15-7-9-16(20)10-8-15/h4-11,13H,3,12H2,1-2H3,(H,21,23,24). The molecule has 0 bridgehead atoms. The maximum Gasteiger partial charge on any atom is 0.251 e. The van der Waals surface area contributed by atoms with Crippen LogP contribution in [0.1, 0.15) is 18.1 Å². The third kappa shape index (κ3) is 4.29. The molecule has 0 aliphatic heterocycles. The molecule has 0 aliphatic rings. The summed E-state index contributed by atoms with van der Waals surface area (Å²) in [5, 5.41) is 11.4. The number of benzene rings is 2. The van der Waals surface area contributed by atoms with Crippen LogP contribution < -0.4 is 10.2 Å². The average molecular weight is 337 g/mol. The summed E-state index contributed by atoms with van der Waals surface area (Å²) in [6.45, 7) is 5.36. The largest absolute Gasteiger partial charge is 0.365 e. The second-order valence-corrected chi connectivity index (χ2v) is 5.70. The van der Waals surface area contributed by atoms with Gasteiger partial charge in [0.05, 0.1) is 6.20 Å². The zero-order valence-electron chi connectivity index (χ0n) is 14.3. The Morgan fingerprint density at radius 3 is 2.64 bits per heavy atom. The van der Waals surface area contributed by atoms with E-state index in [4.69, 9.17) is 0 Å². The third-order valence-electron chi connectivity index (χ3n) is 3.81. The van der Waals surface area contributed by atoms with Crippen LogP contribution in [0.5, 0.6) is 0 Å². The molecule has 128 valence electrons.